The third-order valence-electron chi connectivity index (χ3n) is 2.57. The first-order valence-corrected chi connectivity index (χ1v) is 6.73. The number of aromatic amines is 2. The minimum absolute atomic E-state index is 0.0386. The van der Waals surface area contributed by atoms with Crippen molar-refractivity contribution in [2.45, 2.75) is 5.03 Å². The van der Waals surface area contributed by atoms with E-state index in [4.69, 9.17) is 0 Å². The van der Waals surface area contributed by atoms with Gasteiger partial charge in [-0.3, -0.25) is 9.82 Å². The summed E-state index contributed by atoms with van der Waals surface area (Å²) in [5.41, 5.74) is 1.47. The topological polar surface area (TPSA) is 90.6 Å². The zero-order valence-corrected chi connectivity index (χ0v) is 10.0. The zero-order valence-electron chi connectivity index (χ0n) is 9.21. The lowest BCUT2D eigenvalue weighted by atomic mass is 10.2. The molecule has 2 heterocycles. The molecule has 0 amide bonds. The third kappa shape index (κ3) is 1.84. The average molecular weight is 262 g/mol. The Kier molecular flexibility index (Phi) is 2.34. The third-order valence-corrected chi connectivity index (χ3v) is 3.88. The molecule has 3 rings (SSSR count). The van der Waals surface area contributed by atoms with Crippen LogP contribution in [0.2, 0.25) is 0 Å². The van der Waals surface area contributed by atoms with Crippen LogP contribution in [-0.4, -0.2) is 23.6 Å². The number of anilines is 1. The van der Waals surface area contributed by atoms with Gasteiger partial charge in [0.2, 0.25) is 0 Å². The van der Waals surface area contributed by atoms with Gasteiger partial charge >= 0.3 is 0 Å². The lowest BCUT2D eigenvalue weighted by Gasteiger charge is -2.05. The van der Waals surface area contributed by atoms with Crippen LogP contribution in [0.1, 0.15) is 0 Å². The molecule has 0 unspecified atom stereocenters. The fraction of sp³-hybridized carbons (Fsp3) is 0. The molecule has 18 heavy (non-hydrogen) atoms. The summed E-state index contributed by atoms with van der Waals surface area (Å²) < 4.78 is 26.4. The molecular weight excluding hydrogens is 252 g/mol. The van der Waals surface area contributed by atoms with E-state index in [9.17, 15) is 8.42 Å². The van der Waals surface area contributed by atoms with Gasteiger partial charge in [-0.2, -0.15) is 13.5 Å². The second-order valence-electron chi connectivity index (χ2n) is 3.81. The quantitative estimate of drug-likeness (QED) is 0.670. The van der Waals surface area contributed by atoms with Crippen molar-refractivity contribution >= 4 is 26.6 Å². The van der Waals surface area contributed by atoms with E-state index in [1.807, 2.05) is 12.1 Å². The van der Waals surface area contributed by atoms with Crippen molar-refractivity contribution in [3.8, 4) is 0 Å². The van der Waals surface area contributed by atoms with E-state index in [2.05, 4.69) is 19.9 Å². The highest BCUT2D eigenvalue weighted by molar-refractivity contribution is 7.92. The predicted octanol–water partition coefficient (Wildman–Crippen LogP) is 1.69. The van der Waals surface area contributed by atoms with Gasteiger partial charge in [-0.25, -0.2) is 0 Å². The first-order chi connectivity index (χ1) is 8.65. The second kappa shape index (κ2) is 3.88. The summed E-state index contributed by atoms with van der Waals surface area (Å²) in [7, 11) is -3.60. The molecule has 0 spiro atoms. The van der Waals surface area contributed by atoms with Crippen molar-refractivity contribution in [1.82, 2.24) is 15.2 Å². The Labute approximate surface area is 103 Å². The van der Waals surface area contributed by atoms with Crippen molar-refractivity contribution < 1.29 is 8.42 Å². The number of nitrogens with zero attached hydrogens (tertiary/aromatic N) is 1. The van der Waals surface area contributed by atoms with Crippen molar-refractivity contribution in [3.63, 3.8) is 0 Å². The summed E-state index contributed by atoms with van der Waals surface area (Å²) in [5, 5.41) is 7.03. The molecule has 1 aromatic carbocycles. The highest BCUT2D eigenvalue weighted by Gasteiger charge is 2.15. The fourth-order valence-electron chi connectivity index (χ4n) is 1.72. The number of nitrogens with one attached hydrogen (secondary N) is 3. The Balaban J connectivity index is 1.97. The number of hydrogen-bond donors (Lipinski definition) is 3. The van der Waals surface area contributed by atoms with Crippen LogP contribution in [0.25, 0.3) is 10.9 Å². The van der Waals surface area contributed by atoms with Gasteiger partial charge in [0.25, 0.3) is 10.0 Å². The molecule has 0 radical (unpaired) electrons. The molecule has 0 aliphatic rings. The van der Waals surface area contributed by atoms with Gasteiger partial charge in [0.05, 0.1) is 6.20 Å². The monoisotopic (exact) mass is 262 g/mol. The number of rotatable bonds is 3. The molecule has 7 heteroatoms. The zero-order chi connectivity index (χ0) is 12.6. The summed E-state index contributed by atoms with van der Waals surface area (Å²) in [6, 6.07) is 8.56. The van der Waals surface area contributed by atoms with E-state index in [1.54, 1.807) is 18.3 Å². The van der Waals surface area contributed by atoms with Gasteiger partial charge in [0.15, 0.2) is 5.03 Å². The Morgan fingerprint density at radius 1 is 1.17 bits per heavy atom. The molecule has 6 nitrogen and oxygen atoms in total. The largest absolute Gasteiger partial charge is 0.361 e. The molecular formula is C11H10N4O2S. The van der Waals surface area contributed by atoms with Crippen LogP contribution in [0, 0.1) is 0 Å². The van der Waals surface area contributed by atoms with Gasteiger partial charge in [0.1, 0.15) is 0 Å². The van der Waals surface area contributed by atoms with Crippen LogP contribution in [-0.2, 0) is 10.0 Å². The Morgan fingerprint density at radius 2 is 2.06 bits per heavy atom. The first-order valence-electron chi connectivity index (χ1n) is 5.24. The number of hydrogen-bond acceptors (Lipinski definition) is 3. The van der Waals surface area contributed by atoms with Crippen LogP contribution in [0.4, 0.5) is 5.69 Å². The molecule has 0 saturated carbocycles. The highest BCUT2D eigenvalue weighted by Crippen LogP contribution is 2.20. The summed E-state index contributed by atoms with van der Waals surface area (Å²) in [6.45, 7) is 0. The second-order valence-corrected chi connectivity index (χ2v) is 5.46. The van der Waals surface area contributed by atoms with E-state index in [1.165, 1.54) is 12.3 Å². The predicted molar refractivity (Wildman–Crippen MR) is 67.7 cm³/mol. The van der Waals surface area contributed by atoms with Gasteiger partial charge in [0, 0.05) is 22.8 Å². The van der Waals surface area contributed by atoms with Crippen LogP contribution in [0.15, 0.2) is 47.8 Å². The maximum Gasteiger partial charge on any atom is 0.278 e. The van der Waals surface area contributed by atoms with E-state index >= 15 is 0 Å². The number of aromatic nitrogens is 3. The minimum atomic E-state index is -3.60. The molecule has 0 atom stereocenters. The Bertz CT molecular complexity index is 774. The number of benzene rings is 1. The van der Waals surface area contributed by atoms with Crippen molar-refractivity contribution in [2.75, 3.05) is 4.72 Å². The normalized spacial score (nSPS) is 11.8. The maximum absolute atomic E-state index is 11.9. The molecule has 92 valence electrons. The summed E-state index contributed by atoms with van der Waals surface area (Å²) in [5.74, 6) is 0. The number of fused-ring (bicyclic) bond motifs is 1. The molecule has 3 N–H and O–H groups in total. The van der Waals surface area contributed by atoms with Gasteiger partial charge in [-0.15, -0.1) is 0 Å². The van der Waals surface area contributed by atoms with Crippen LogP contribution >= 0.6 is 0 Å². The van der Waals surface area contributed by atoms with Gasteiger partial charge < -0.3 is 4.98 Å². The molecule has 0 aliphatic carbocycles. The average Bonchev–Trinajstić information content (AvgIpc) is 2.99. The SMILES string of the molecule is O=S(=O)(Nc1ccc2[nH]ccc2c1)c1ccn[nH]1. The standard InChI is InChI=1S/C11H10N4O2S/c16-18(17,11-4-6-13-14-11)15-9-1-2-10-8(7-9)3-5-12-10/h1-7,12,15H,(H,13,14). The molecule has 2 aromatic heterocycles. The highest BCUT2D eigenvalue weighted by atomic mass is 32.2. The van der Waals surface area contributed by atoms with Crippen LogP contribution < -0.4 is 4.72 Å². The molecule has 3 aromatic rings. The smallest absolute Gasteiger partial charge is 0.278 e. The van der Waals surface area contributed by atoms with Crippen molar-refractivity contribution in [1.29, 1.82) is 0 Å². The van der Waals surface area contributed by atoms with Crippen molar-refractivity contribution in [3.05, 3.63) is 42.7 Å². The van der Waals surface area contributed by atoms with E-state index in [0.717, 1.165) is 10.9 Å². The van der Waals surface area contributed by atoms with Crippen LogP contribution in [0.5, 0.6) is 0 Å². The summed E-state index contributed by atoms with van der Waals surface area (Å²) in [6.07, 6.45) is 3.20. The molecule has 0 saturated heterocycles. The van der Waals surface area contributed by atoms with E-state index in [-0.39, 0.29) is 5.03 Å². The molecule has 0 bridgehead atoms. The maximum atomic E-state index is 11.9. The fourth-order valence-corrected chi connectivity index (χ4v) is 2.68. The number of H-pyrrole nitrogens is 2. The van der Waals surface area contributed by atoms with Crippen LogP contribution in [0.3, 0.4) is 0 Å². The lowest BCUT2D eigenvalue weighted by molar-refractivity contribution is 0.597. The minimum Gasteiger partial charge on any atom is -0.361 e. The summed E-state index contributed by atoms with van der Waals surface area (Å²) >= 11 is 0. The summed E-state index contributed by atoms with van der Waals surface area (Å²) in [4.78, 5) is 3.04. The number of sulfonamides is 1. The van der Waals surface area contributed by atoms with Crippen molar-refractivity contribution in [2.24, 2.45) is 0 Å². The molecule has 0 fully saturated rings. The van der Waals surface area contributed by atoms with E-state index in [0.29, 0.717) is 5.69 Å². The van der Waals surface area contributed by atoms with Gasteiger partial charge in [-0.1, -0.05) is 0 Å². The Morgan fingerprint density at radius 3 is 2.83 bits per heavy atom. The molecule has 0 aliphatic heterocycles. The van der Waals surface area contributed by atoms with E-state index < -0.39 is 10.0 Å². The lowest BCUT2D eigenvalue weighted by Crippen LogP contribution is -2.13. The van der Waals surface area contributed by atoms with Gasteiger partial charge in [-0.05, 0) is 30.3 Å². The first kappa shape index (κ1) is 10.8. The Hall–Kier alpha value is -2.28.